The summed E-state index contributed by atoms with van der Waals surface area (Å²) in [5.41, 5.74) is 0.152. The number of hydrogen-bond acceptors (Lipinski definition) is 3. The van der Waals surface area contributed by atoms with E-state index in [4.69, 9.17) is 0 Å². The number of nitrogens with one attached hydrogen (secondary N) is 1. The molecular weight excluding hydrogens is 249 g/mol. The Labute approximate surface area is 112 Å². The van der Waals surface area contributed by atoms with Gasteiger partial charge in [-0.25, -0.2) is 4.39 Å². The molecule has 0 amide bonds. The highest BCUT2D eigenvalue weighted by atomic mass is 32.2. The molecule has 1 saturated heterocycles. The number of rotatable bonds is 5. The maximum Gasteiger partial charge on any atom is 0.126 e. The van der Waals surface area contributed by atoms with Gasteiger partial charge in [0.15, 0.2) is 0 Å². The van der Waals surface area contributed by atoms with E-state index in [1.54, 1.807) is 17.8 Å². The summed E-state index contributed by atoms with van der Waals surface area (Å²) in [6.45, 7) is 2.62. The van der Waals surface area contributed by atoms with Crippen molar-refractivity contribution in [2.45, 2.75) is 31.4 Å². The second-order valence-corrected chi connectivity index (χ2v) is 6.21. The normalized spacial score (nSPS) is 25.3. The van der Waals surface area contributed by atoms with E-state index >= 15 is 0 Å². The van der Waals surface area contributed by atoms with E-state index < -0.39 is 5.60 Å². The van der Waals surface area contributed by atoms with E-state index in [9.17, 15) is 9.50 Å². The van der Waals surface area contributed by atoms with Gasteiger partial charge in [0.05, 0.1) is 5.60 Å². The van der Waals surface area contributed by atoms with Crippen molar-refractivity contribution in [2.24, 2.45) is 0 Å². The Morgan fingerprint density at radius 3 is 2.94 bits per heavy atom. The summed E-state index contributed by atoms with van der Waals surface area (Å²) in [5, 5.41) is 13.5. The van der Waals surface area contributed by atoms with Crippen LogP contribution >= 0.6 is 11.8 Å². The molecule has 4 heteroatoms. The average Bonchev–Trinajstić information content (AvgIpc) is 2.77. The summed E-state index contributed by atoms with van der Waals surface area (Å²) in [6, 6.07) is 7.02. The number of thioether (sulfide) groups is 1. The molecule has 2 N–H and O–H groups in total. The molecule has 0 bridgehead atoms. The first-order chi connectivity index (χ1) is 8.59. The fourth-order valence-corrected chi connectivity index (χ4v) is 3.46. The van der Waals surface area contributed by atoms with Crippen LogP contribution in [0.2, 0.25) is 0 Å². The van der Waals surface area contributed by atoms with Gasteiger partial charge in [0.25, 0.3) is 0 Å². The molecule has 0 aromatic heterocycles. The van der Waals surface area contributed by atoms with Crippen LogP contribution < -0.4 is 5.32 Å². The van der Waals surface area contributed by atoms with Gasteiger partial charge >= 0.3 is 0 Å². The molecular formula is C14H20FNOS. The topological polar surface area (TPSA) is 32.3 Å². The van der Waals surface area contributed by atoms with Crippen LogP contribution in [0, 0.1) is 5.82 Å². The average molecular weight is 269 g/mol. The molecule has 2 nitrogen and oxygen atoms in total. The molecule has 0 radical (unpaired) electrons. The second-order valence-electron chi connectivity index (χ2n) is 5.10. The van der Waals surface area contributed by atoms with Crippen LogP contribution in [0.25, 0.3) is 0 Å². The zero-order chi connectivity index (χ0) is 13.0. The number of hydrogen-bond donors (Lipinski definition) is 2. The highest BCUT2D eigenvalue weighted by molar-refractivity contribution is 7.99. The molecule has 1 aromatic rings. The fourth-order valence-electron chi connectivity index (χ4n) is 2.17. The Bertz CT molecular complexity index is 393. The second kappa shape index (κ2) is 6.04. The van der Waals surface area contributed by atoms with Gasteiger partial charge < -0.3 is 10.4 Å². The lowest BCUT2D eigenvalue weighted by Crippen LogP contribution is -2.44. The molecule has 1 aliphatic heterocycles. The number of halogens is 1. The third kappa shape index (κ3) is 3.70. The lowest BCUT2D eigenvalue weighted by molar-refractivity contribution is 0.0651. The maximum atomic E-state index is 13.5. The Morgan fingerprint density at radius 1 is 1.50 bits per heavy atom. The molecule has 1 aliphatic rings. The molecule has 0 aliphatic carbocycles. The summed E-state index contributed by atoms with van der Waals surface area (Å²) in [5.74, 6) is 1.67. The summed E-state index contributed by atoms with van der Waals surface area (Å²) in [6.07, 6.45) is 1.49. The number of benzene rings is 1. The highest BCUT2D eigenvalue weighted by Gasteiger charge is 2.31. The first-order valence-electron chi connectivity index (χ1n) is 6.36. The smallest absolute Gasteiger partial charge is 0.126 e. The van der Waals surface area contributed by atoms with Gasteiger partial charge in [0.2, 0.25) is 0 Å². The largest absolute Gasteiger partial charge is 0.388 e. The Hall–Kier alpha value is -0.580. The fraction of sp³-hybridized carbons (Fsp3) is 0.571. The third-order valence-corrected chi connectivity index (χ3v) is 4.58. The van der Waals surface area contributed by atoms with Crippen molar-refractivity contribution in [3.63, 3.8) is 0 Å². The van der Waals surface area contributed by atoms with Gasteiger partial charge in [-0.15, -0.1) is 0 Å². The van der Waals surface area contributed by atoms with Gasteiger partial charge in [-0.2, -0.15) is 11.8 Å². The van der Waals surface area contributed by atoms with Crippen LogP contribution in [0.5, 0.6) is 0 Å². The Kier molecular flexibility index (Phi) is 4.65. The van der Waals surface area contributed by atoms with Gasteiger partial charge in [0.1, 0.15) is 5.82 Å². The van der Waals surface area contributed by atoms with Crippen LogP contribution in [0.15, 0.2) is 24.3 Å². The van der Waals surface area contributed by atoms with Gasteiger partial charge in [-0.3, -0.25) is 0 Å². The summed E-state index contributed by atoms with van der Waals surface area (Å²) in [7, 11) is 0. The first kappa shape index (κ1) is 13.8. The SMILES string of the molecule is C[C@@H](Cc1ccccc1F)NC[C@]1(O)CCSC1. The van der Waals surface area contributed by atoms with E-state index in [1.807, 2.05) is 19.1 Å². The highest BCUT2D eigenvalue weighted by Crippen LogP contribution is 2.27. The molecule has 2 atom stereocenters. The van der Waals surface area contributed by atoms with E-state index in [-0.39, 0.29) is 11.9 Å². The monoisotopic (exact) mass is 269 g/mol. The van der Waals surface area contributed by atoms with Crippen LogP contribution in [-0.4, -0.2) is 34.8 Å². The maximum absolute atomic E-state index is 13.5. The van der Waals surface area contributed by atoms with Crippen molar-refractivity contribution in [2.75, 3.05) is 18.1 Å². The van der Waals surface area contributed by atoms with Gasteiger partial charge in [-0.1, -0.05) is 18.2 Å². The molecule has 18 heavy (non-hydrogen) atoms. The first-order valence-corrected chi connectivity index (χ1v) is 7.51. The van der Waals surface area contributed by atoms with Crippen LogP contribution in [0.3, 0.4) is 0 Å². The van der Waals surface area contributed by atoms with E-state index in [2.05, 4.69) is 5.32 Å². The Morgan fingerprint density at radius 2 is 2.28 bits per heavy atom. The zero-order valence-corrected chi connectivity index (χ0v) is 11.5. The van der Waals surface area contributed by atoms with E-state index in [1.165, 1.54) is 6.07 Å². The standard InChI is InChI=1S/C14H20FNOS/c1-11(8-12-4-2-3-5-13(12)15)16-9-14(17)6-7-18-10-14/h2-5,11,16-17H,6-10H2,1H3/t11-,14+/m0/s1. The zero-order valence-electron chi connectivity index (χ0n) is 10.7. The van der Waals surface area contributed by atoms with Crippen LogP contribution in [-0.2, 0) is 6.42 Å². The molecule has 1 fully saturated rings. The molecule has 0 saturated carbocycles. The minimum absolute atomic E-state index is 0.152. The quantitative estimate of drug-likeness (QED) is 0.859. The van der Waals surface area contributed by atoms with Crippen molar-refractivity contribution >= 4 is 11.8 Å². The van der Waals surface area contributed by atoms with Gasteiger partial charge in [-0.05, 0) is 37.1 Å². The van der Waals surface area contributed by atoms with Crippen LogP contribution in [0.1, 0.15) is 18.9 Å². The molecule has 0 unspecified atom stereocenters. The van der Waals surface area contributed by atoms with Crippen molar-refractivity contribution in [1.29, 1.82) is 0 Å². The molecule has 0 spiro atoms. The molecule has 2 rings (SSSR count). The van der Waals surface area contributed by atoms with Crippen molar-refractivity contribution in [1.82, 2.24) is 5.32 Å². The van der Waals surface area contributed by atoms with Gasteiger partial charge in [0, 0.05) is 18.3 Å². The van der Waals surface area contributed by atoms with Crippen molar-refractivity contribution in [3.8, 4) is 0 Å². The third-order valence-electron chi connectivity index (χ3n) is 3.35. The lowest BCUT2D eigenvalue weighted by atomic mass is 10.0. The van der Waals surface area contributed by atoms with Crippen molar-refractivity contribution < 1.29 is 9.50 Å². The lowest BCUT2D eigenvalue weighted by Gasteiger charge is -2.24. The summed E-state index contributed by atoms with van der Waals surface area (Å²) >= 11 is 1.79. The molecule has 1 aromatic carbocycles. The van der Waals surface area contributed by atoms with E-state index in [0.29, 0.717) is 13.0 Å². The predicted octanol–water partition coefficient (Wildman–Crippen LogP) is 2.21. The van der Waals surface area contributed by atoms with Crippen LogP contribution in [0.4, 0.5) is 4.39 Å². The van der Waals surface area contributed by atoms with Crippen molar-refractivity contribution in [3.05, 3.63) is 35.6 Å². The minimum atomic E-state index is -0.575. The molecule has 1 heterocycles. The van der Waals surface area contributed by atoms with E-state index in [0.717, 1.165) is 23.5 Å². The number of aliphatic hydroxyl groups is 1. The molecule has 100 valence electrons. The summed E-state index contributed by atoms with van der Waals surface area (Å²) in [4.78, 5) is 0. The predicted molar refractivity (Wildman–Crippen MR) is 74.5 cm³/mol. The minimum Gasteiger partial charge on any atom is -0.388 e. The Balaban J connectivity index is 1.82. The summed E-state index contributed by atoms with van der Waals surface area (Å²) < 4.78 is 13.5.